The van der Waals surface area contributed by atoms with Crippen LogP contribution in [0.15, 0.2) is 12.2 Å². The first-order valence-electron chi connectivity index (χ1n) is 13.6. The molecule has 0 heterocycles. The number of ether oxygens (including phenoxy) is 2. The van der Waals surface area contributed by atoms with Crippen molar-refractivity contribution in [3.63, 3.8) is 0 Å². The van der Waals surface area contributed by atoms with Gasteiger partial charge in [0.2, 0.25) is 0 Å². The minimum Gasteiger partial charge on any atom is -0.460 e. The van der Waals surface area contributed by atoms with Crippen LogP contribution in [-0.4, -0.2) is 30.3 Å². The molecule has 0 aromatic carbocycles. The van der Waals surface area contributed by atoms with Gasteiger partial charge in [-0.25, -0.2) is 4.79 Å². The van der Waals surface area contributed by atoms with E-state index in [9.17, 15) is 19.2 Å². The topological polar surface area (TPSA) is 86.7 Å². The molecule has 0 aromatic heterocycles. The van der Waals surface area contributed by atoms with Gasteiger partial charge in [0.1, 0.15) is 6.42 Å². The maximum atomic E-state index is 11.6. The van der Waals surface area contributed by atoms with Crippen molar-refractivity contribution in [3.8, 4) is 0 Å². The molecule has 0 saturated carbocycles. The highest BCUT2D eigenvalue weighted by Crippen LogP contribution is 2.13. The van der Waals surface area contributed by atoms with Gasteiger partial charge in [-0.1, -0.05) is 96.1 Å². The zero-order chi connectivity index (χ0) is 25.3. The average Bonchev–Trinajstić information content (AvgIpc) is 2.80. The monoisotopic (exact) mass is 480 g/mol. The Morgan fingerprint density at radius 2 is 1.06 bits per heavy atom. The van der Waals surface area contributed by atoms with Crippen LogP contribution in [0, 0.1) is 0 Å². The number of rotatable bonds is 23. The summed E-state index contributed by atoms with van der Waals surface area (Å²) in [4.78, 5) is 45.7. The Hall–Kier alpha value is -1.98. The summed E-state index contributed by atoms with van der Waals surface area (Å²) in [5.41, 5.74) is 0. The maximum absolute atomic E-state index is 11.6. The fourth-order valence-corrected chi connectivity index (χ4v) is 3.68. The Kier molecular flexibility index (Phi) is 22.7. The molecular weight excluding hydrogens is 432 g/mol. The van der Waals surface area contributed by atoms with E-state index in [1.807, 2.05) is 0 Å². The Labute approximate surface area is 207 Å². The minimum atomic E-state index is -1.08. The van der Waals surface area contributed by atoms with E-state index in [-0.39, 0.29) is 13.0 Å². The molecule has 0 unspecified atom stereocenters. The smallest absolute Gasteiger partial charge is 0.375 e. The molecule has 0 N–H and O–H groups in total. The van der Waals surface area contributed by atoms with E-state index in [1.165, 1.54) is 83.5 Å². The van der Waals surface area contributed by atoms with E-state index >= 15 is 0 Å². The van der Waals surface area contributed by atoms with Crippen LogP contribution in [0.4, 0.5) is 0 Å². The fourth-order valence-electron chi connectivity index (χ4n) is 3.68. The number of carbonyl (C=O) groups excluding carboxylic acids is 4. The van der Waals surface area contributed by atoms with E-state index in [2.05, 4.69) is 28.5 Å². The van der Waals surface area contributed by atoms with Gasteiger partial charge >= 0.3 is 17.9 Å². The van der Waals surface area contributed by atoms with Crippen molar-refractivity contribution in [2.45, 2.75) is 136 Å². The fraction of sp³-hybridized carbons (Fsp3) is 0.786. The normalized spacial score (nSPS) is 11.0. The van der Waals surface area contributed by atoms with E-state index in [0.29, 0.717) is 6.42 Å². The summed E-state index contributed by atoms with van der Waals surface area (Å²) in [5, 5.41) is 0. The number of unbranched alkanes of at least 4 members (excludes halogenated alkanes) is 15. The summed E-state index contributed by atoms with van der Waals surface area (Å²) in [6.07, 6.45) is 24.8. The highest BCUT2D eigenvalue weighted by molar-refractivity contribution is 6.36. The van der Waals surface area contributed by atoms with Crippen molar-refractivity contribution in [1.29, 1.82) is 0 Å². The van der Waals surface area contributed by atoms with E-state index < -0.39 is 30.1 Å². The van der Waals surface area contributed by atoms with Crippen molar-refractivity contribution < 1.29 is 28.7 Å². The molecule has 0 radical (unpaired) electrons. The second kappa shape index (κ2) is 24.2. The number of allylic oxidation sites excluding steroid dienone is 2. The summed E-state index contributed by atoms with van der Waals surface area (Å²) in [6, 6.07) is 0. The Morgan fingerprint density at radius 1 is 0.588 bits per heavy atom. The first kappa shape index (κ1) is 32.0. The van der Waals surface area contributed by atoms with Crippen molar-refractivity contribution in [3.05, 3.63) is 12.2 Å². The number of ketones is 1. The van der Waals surface area contributed by atoms with Crippen molar-refractivity contribution >= 4 is 23.7 Å². The predicted octanol–water partition coefficient (Wildman–Crippen LogP) is 7.18. The molecule has 0 aliphatic carbocycles. The predicted molar refractivity (Wildman–Crippen MR) is 135 cm³/mol. The van der Waals surface area contributed by atoms with Gasteiger partial charge in [0.25, 0.3) is 5.78 Å². The molecule has 0 aliphatic rings. The van der Waals surface area contributed by atoms with Crippen LogP contribution in [0.1, 0.15) is 136 Å². The first-order chi connectivity index (χ1) is 16.5. The molecule has 0 amide bonds. The van der Waals surface area contributed by atoms with Crippen molar-refractivity contribution in [2.24, 2.45) is 0 Å². The lowest BCUT2D eigenvalue weighted by Gasteiger charge is -2.04. The average molecular weight is 481 g/mol. The summed E-state index contributed by atoms with van der Waals surface area (Å²) in [6.45, 7) is 3.86. The van der Waals surface area contributed by atoms with Crippen LogP contribution >= 0.6 is 0 Å². The van der Waals surface area contributed by atoms with Crippen LogP contribution in [0.25, 0.3) is 0 Å². The molecule has 0 bridgehead atoms. The standard InChI is InChI=1S/C28H48O6/c1-3-5-6-7-8-9-10-11-12-13-14-15-16-17-18-19-20-21-22-23-26(30)34-27(31)24-25(29)28(32)33-4-2/h8-9H,3-7,10-24H2,1-2H3. The number of hydrogen-bond donors (Lipinski definition) is 0. The maximum Gasteiger partial charge on any atom is 0.375 e. The molecule has 0 aromatic rings. The molecule has 6 nitrogen and oxygen atoms in total. The number of hydrogen-bond acceptors (Lipinski definition) is 6. The second-order valence-corrected chi connectivity index (χ2v) is 8.92. The van der Waals surface area contributed by atoms with Crippen LogP contribution in [0.5, 0.6) is 0 Å². The Morgan fingerprint density at radius 3 is 1.56 bits per heavy atom. The van der Waals surface area contributed by atoms with Crippen LogP contribution < -0.4 is 0 Å². The quantitative estimate of drug-likeness (QED) is 0.0506. The third kappa shape index (κ3) is 21.8. The highest BCUT2D eigenvalue weighted by Gasteiger charge is 2.21. The van der Waals surface area contributed by atoms with E-state index in [4.69, 9.17) is 0 Å². The largest absolute Gasteiger partial charge is 0.460 e. The second-order valence-electron chi connectivity index (χ2n) is 8.92. The first-order valence-corrected chi connectivity index (χ1v) is 13.6. The summed E-state index contributed by atoms with van der Waals surface area (Å²) >= 11 is 0. The number of Topliss-reactive ketones (excluding diaryl/α,β-unsaturated/α-hetero) is 1. The molecular formula is C28H48O6. The third-order valence-electron chi connectivity index (χ3n) is 5.68. The van der Waals surface area contributed by atoms with Gasteiger partial charge in [0, 0.05) is 6.42 Å². The molecule has 34 heavy (non-hydrogen) atoms. The molecule has 0 atom stereocenters. The third-order valence-corrected chi connectivity index (χ3v) is 5.68. The zero-order valence-electron chi connectivity index (χ0n) is 21.7. The lowest BCUT2D eigenvalue weighted by Crippen LogP contribution is -2.23. The minimum absolute atomic E-state index is 0.0517. The lowest BCUT2D eigenvalue weighted by atomic mass is 10.0. The van der Waals surface area contributed by atoms with Crippen molar-refractivity contribution in [2.75, 3.05) is 6.61 Å². The van der Waals surface area contributed by atoms with Gasteiger partial charge in [-0.3, -0.25) is 14.4 Å². The molecule has 0 rings (SSSR count). The van der Waals surface area contributed by atoms with Crippen LogP contribution in [0.3, 0.4) is 0 Å². The van der Waals surface area contributed by atoms with Gasteiger partial charge in [-0.15, -0.1) is 0 Å². The van der Waals surface area contributed by atoms with Gasteiger partial charge in [0.15, 0.2) is 0 Å². The summed E-state index contributed by atoms with van der Waals surface area (Å²) < 4.78 is 9.08. The van der Waals surface area contributed by atoms with Crippen LogP contribution in [0.2, 0.25) is 0 Å². The lowest BCUT2D eigenvalue weighted by molar-refractivity contribution is -0.163. The molecule has 0 saturated heterocycles. The number of carbonyl (C=O) groups is 4. The molecule has 0 aliphatic heterocycles. The summed E-state index contributed by atoms with van der Waals surface area (Å²) in [5.74, 6) is -3.73. The van der Waals surface area contributed by atoms with Gasteiger partial charge in [-0.05, 0) is 39.0 Å². The van der Waals surface area contributed by atoms with E-state index in [1.54, 1.807) is 6.92 Å². The van der Waals surface area contributed by atoms with Gasteiger partial charge < -0.3 is 9.47 Å². The Bertz CT molecular complexity index is 581. The molecule has 0 spiro atoms. The SMILES string of the molecule is CCCCCC=CCCCCCCCCCCCCCCC(=O)OC(=O)CC(=O)C(=O)OCC. The molecule has 6 heteroatoms. The number of esters is 3. The Balaban J connectivity index is 3.40. The summed E-state index contributed by atoms with van der Waals surface area (Å²) in [7, 11) is 0. The van der Waals surface area contributed by atoms with Gasteiger partial charge in [-0.2, -0.15) is 0 Å². The highest BCUT2D eigenvalue weighted by atomic mass is 16.6. The van der Waals surface area contributed by atoms with Crippen molar-refractivity contribution in [1.82, 2.24) is 0 Å². The van der Waals surface area contributed by atoms with Crippen LogP contribution in [-0.2, 0) is 28.7 Å². The molecule has 196 valence electrons. The zero-order valence-corrected chi connectivity index (χ0v) is 21.7. The molecule has 0 fully saturated rings. The van der Waals surface area contributed by atoms with Gasteiger partial charge in [0.05, 0.1) is 6.61 Å². The van der Waals surface area contributed by atoms with E-state index in [0.717, 1.165) is 19.3 Å².